The minimum absolute atomic E-state index is 0.0421. The number of hydrazine groups is 1. The van der Waals surface area contributed by atoms with Gasteiger partial charge in [0.25, 0.3) is 11.8 Å². The molecule has 0 unspecified atom stereocenters. The van der Waals surface area contributed by atoms with E-state index in [1.54, 1.807) is 29.1 Å². The first-order chi connectivity index (χ1) is 17.4. The molecule has 0 saturated heterocycles. The maximum atomic E-state index is 13.1. The van der Waals surface area contributed by atoms with Gasteiger partial charge in [-0.05, 0) is 37.6 Å². The van der Waals surface area contributed by atoms with Gasteiger partial charge in [-0.1, -0.05) is 60.7 Å². The summed E-state index contributed by atoms with van der Waals surface area (Å²) in [6.45, 7) is 4.31. The van der Waals surface area contributed by atoms with Crippen LogP contribution in [0.4, 0.5) is 0 Å². The van der Waals surface area contributed by atoms with Crippen LogP contribution in [0.15, 0.2) is 85.1 Å². The van der Waals surface area contributed by atoms with E-state index in [4.69, 9.17) is 9.47 Å². The predicted octanol–water partition coefficient (Wildman–Crippen LogP) is 4.47. The van der Waals surface area contributed by atoms with Crippen LogP contribution in [0.3, 0.4) is 0 Å². The molecule has 0 aliphatic heterocycles. The van der Waals surface area contributed by atoms with E-state index in [0.29, 0.717) is 34.9 Å². The van der Waals surface area contributed by atoms with Crippen LogP contribution in [0.1, 0.15) is 40.1 Å². The number of rotatable bonds is 8. The molecule has 0 fully saturated rings. The van der Waals surface area contributed by atoms with Crippen molar-refractivity contribution in [3.05, 3.63) is 102 Å². The Morgan fingerprint density at radius 1 is 0.889 bits per heavy atom. The monoisotopic (exact) mass is 484 g/mol. The standard InChI is InChI=1S/C28H28N4O4/c1-19(2)36-24-15-14-22(16-25(24)35-3)27(33)29-30-28(34)23-18-32(17-20-10-6-4-7-11-20)31-26(23)21-12-8-5-9-13-21/h4-16,18-19H,17H2,1-3H3,(H,29,33)(H,30,34). The summed E-state index contributed by atoms with van der Waals surface area (Å²) in [5, 5.41) is 4.65. The van der Waals surface area contributed by atoms with E-state index < -0.39 is 11.8 Å². The summed E-state index contributed by atoms with van der Waals surface area (Å²) in [6.07, 6.45) is 1.64. The van der Waals surface area contributed by atoms with Crippen molar-refractivity contribution in [1.29, 1.82) is 0 Å². The maximum Gasteiger partial charge on any atom is 0.273 e. The lowest BCUT2D eigenvalue weighted by Gasteiger charge is -2.14. The summed E-state index contributed by atoms with van der Waals surface area (Å²) in [7, 11) is 1.50. The van der Waals surface area contributed by atoms with E-state index in [-0.39, 0.29) is 6.10 Å². The van der Waals surface area contributed by atoms with Crippen LogP contribution >= 0.6 is 0 Å². The van der Waals surface area contributed by atoms with Crippen molar-refractivity contribution in [2.45, 2.75) is 26.5 Å². The number of benzene rings is 3. The highest BCUT2D eigenvalue weighted by atomic mass is 16.5. The first kappa shape index (κ1) is 24.5. The van der Waals surface area contributed by atoms with E-state index in [0.717, 1.165) is 11.1 Å². The molecule has 2 amide bonds. The van der Waals surface area contributed by atoms with Gasteiger partial charge in [-0.3, -0.25) is 25.1 Å². The fourth-order valence-corrected chi connectivity index (χ4v) is 3.66. The SMILES string of the molecule is COc1cc(C(=O)NNC(=O)c2cn(Cc3ccccc3)nc2-c2ccccc2)ccc1OC(C)C. The van der Waals surface area contributed by atoms with Gasteiger partial charge in [-0.2, -0.15) is 5.10 Å². The van der Waals surface area contributed by atoms with Crippen molar-refractivity contribution in [2.24, 2.45) is 0 Å². The molecule has 0 saturated carbocycles. The molecule has 4 rings (SSSR count). The van der Waals surface area contributed by atoms with Gasteiger partial charge in [-0.15, -0.1) is 0 Å². The van der Waals surface area contributed by atoms with Crippen LogP contribution < -0.4 is 20.3 Å². The van der Waals surface area contributed by atoms with E-state index in [1.165, 1.54) is 7.11 Å². The number of nitrogens with zero attached hydrogens (tertiary/aromatic N) is 2. The van der Waals surface area contributed by atoms with Crippen LogP contribution in [0.2, 0.25) is 0 Å². The molecule has 8 nitrogen and oxygen atoms in total. The van der Waals surface area contributed by atoms with E-state index in [1.807, 2.05) is 74.5 Å². The van der Waals surface area contributed by atoms with Gasteiger partial charge in [-0.25, -0.2) is 0 Å². The molecule has 0 aliphatic rings. The summed E-state index contributed by atoms with van der Waals surface area (Å²) < 4.78 is 12.8. The normalized spacial score (nSPS) is 10.7. The molecule has 3 aromatic carbocycles. The third kappa shape index (κ3) is 5.90. The number of carbonyl (C=O) groups excluding carboxylic acids is 2. The van der Waals surface area contributed by atoms with E-state index >= 15 is 0 Å². The Labute approximate surface area is 209 Å². The first-order valence-corrected chi connectivity index (χ1v) is 11.6. The Morgan fingerprint density at radius 2 is 1.56 bits per heavy atom. The molecule has 0 spiro atoms. The highest BCUT2D eigenvalue weighted by Gasteiger charge is 2.19. The van der Waals surface area contributed by atoms with E-state index in [2.05, 4.69) is 16.0 Å². The predicted molar refractivity (Wildman–Crippen MR) is 137 cm³/mol. The lowest BCUT2D eigenvalue weighted by molar-refractivity contribution is 0.0846. The third-order valence-corrected chi connectivity index (χ3v) is 5.32. The molecule has 1 aromatic heterocycles. The molecule has 8 heteroatoms. The number of methoxy groups -OCH3 is 1. The summed E-state index contributed by atoms with van der Waals surface area (Å²) in [5.41, 5.74) is 8.01. The Kier molecular flexibility index (Phi) is 7.65. The number of ether oxygens (including phenoxy) is 2. The molecule has 184 valence electrons. The molecule has 1 heterocycles. The summed E-state index contributed by atoms with van der Waals surface area (Å²) in [6, 6.07) is 24.1. The minimum atomic E-state index is -0.490. The van der Waals surface area contributed by atoms with Crippen molar-refractivity contribution in [1.82, 2.24) is 20.6 Å². The van der Waals surface area contributed by atoms with Crippen molar-refractivity contribution < 1.29 is 19.1 Å². The van der Waals surface area contributed by atoms with Crippen LogP contribution in [0, 0.1) is 0 Å². The van der Waals surface area contributed by atoms with Gasteiger partial charge in [0.2, 0.25) is 0 Å². The second-order valence-corrected chi connectivity index (χ2v) is 8.38. The zero-order chi connectivity index (χ0) is 25.5. The van der Waals surface area contributed by atoms with Gasteiger partial charge in [0, 0.05) is 17.3 Å². The van der Waals surface area contributed by atoms with Crippen molar-refractivity contribution in [2.75, 3.05) is 7.11 Å². The zero-order valence-corrected chi connectivity index (χ0v) is 20.4. The summed E-state index contributed by atoms with van der Waals surface area (Å²) in [5.74, 6) is -0.00780. The van der Waals surface area contributed by atoms with Crippen LogP contribution in [-0.4, -0.2) is 34.8 Å². The molecule has 0 radical (unpaired) electrons. The van der Waals surface area contributed by atoms with Gasteiger partial charge in [0.15, 0.2) is 11.5 Å². The number of hydrogen-bond acceptors (Lipinski definition) is 5. The minimum Gasteiger partial charge on any atom is -0.493 e. The van der Waals surface area contributed by atoms with Gasteiger partial charge in [0.05, 0.1) is 25.3 Å². The highest BCUT2D eigenvalue weighted by molar-refractivity contribution is 6.02. The molecular weight excluding hydrogens is 456 g/mol. The van der Waals surface area contributed by atoms with Crippen LogP contribution in [-0.2, 0) is 6.54 Å². The Bertz CT molecular complexity index is 1330. The topological polar surface area (TPSA) is 94.5 Å². The van der Waals surface area contributed by atoms with Gasteiger partial charge in [0.1, 0.15) is 5.69 Å². The molecule has 0 aliphatic carbocycles. The molecule has 0 atom stereocenters. The molecule has 36 heavy (non-hydrogen) atoms. The quantitative estimate of drug-likeness (QED) is 0.360. The van der Waals surface area contributed by atoms with Crippen molar-refractivity contribution in [3.8, 4) is 22.8 Å². The number of nitrogens with one attached hydrogen (secondary N) is 2. The van der Waals surface area contributed by atoms with Crippen LogP contribution in [0.25, 0.3) is 11.3 Å². The first-order valence-electron chi connectivity index (χ1n) is 11.6. The lowest BCUT2D eigenvalue weighted by atomic mass is 10.1. The van der Waals surface area contributed by atoms with Gasteiger partial charge >= 0.3 is 0 Å². The molecule has 2 N–H and O–H groups in total. The summed E-state index contributed by atoms with van der Waals surface area (Å²) in [4.78, 5) is 25.9. The second-order valence-electron chi connectivity index (χ2n) is 8.38. The highest BCUT2D eigenvalue weighted by Crippen LogP contribution is 2.29. The number of aromatic nitrogens is 2. The second kappa shape index (κ2) is 11.2. The smallest absolute Gasteiger partial charge is 0.273 e. The Morgan fingerprint density at radius 3 is 2.22 bits per heavy atom. The average Bonchev–Trinajstić information content (AvgIpc) is 3.32. The lowest BCUT2D eigenvalue weighted by Crippen LogP contribution is -2.41. The zero-order valence-electron chi connectivity index (χ0n) is 20.4. The summed E-state index contributed by atoms with van der Waals surface area (Å²) >= 11 is 0. The molecular formula is C28H28N4O4. The van der Waals surface area contributed by atoms with Crippen LogP contribution in [0.5, 0.6) is 11.5 Å². The van der Waals surface area contributed by atoms with Crippen molar-refractivity contribution >= 4 is 11.8 Å². The third-order valence-electron chi connectivity index (χ3n) is 5.32. The average molecular weight is 485 g/mol. The molecule has 4 aromatic rings. The number of hydrogen-bond donors (Lipinski definition) is 2. The fraction of sp³-hybridized carbons (Fsp3) is 0.179. The molecule has 0 bridgehead atoms. The van der Waals surface area contributed by atoms with Crippen molar-refractivity contribution in [3.63, 3.8) is 0 Å². The fourth-order valence-electron chi connectivity index (χ4n) is 3.66. The number of carbonyl (C=O) groups is 2. The maximum absolute atomic E-state index is 13.1. The Balaban J connectivity index is 1.52. The largest absolute Gasteiger partial charge is 0.493 e. The number of amides is 2. The van der Waals surface area contributed by atoms with Gasteiger partial charge < -0.3 is 9.47 Å². The Hall–Kier alpha value is -4.59. The van der Waals surface area contributed by atoms with E-state index in [9.17, 15) is 9.59 Å².